The largest absolute Gasteiger partial charge is 0.494 e. The molecule has 1 aliphatic rings. The molecule has 1 aliphatic carbocycles. The van der Waals surface area contributed by atoms with Crippen LogP contribution in [-0.2, 0) is 19.9 Å². The molecule has 0 atom stereocenters. The Hall–Kier alpha value is -2.40. The molecule has 2 aromatic carbocycles. The summed E-state index contributed by atoms with van der Waals surface area (Å²) in [5.74, 6) is 0.667. The molecular formula is C21H22N2O2S. The highest BCUT2D eigenvalue weighted by atomic mass is 32.1. The van der Waals surface area contributed by atoms with Gasteiger partial charge in [-0.3, -0.25) is 4.79 Å². The number of carbonyl (C=O) groups excluding carboxylic acids is 1. The number of hydrogen-bond donors (Lipinski definition) is 0. The summed E-state index contributed by atoms with van der Waals surface area (Å²) in [5.41, 5.74) is 4.41. The molecule has 0 spiro atoms. The first kappa shape index (κ1) is 17.0. The van der Waals surface area contributed by atoms with E-state index in [1.165, 1.54) is 35.3 Å². The third-order valence-corrected chi connectivity index (χ3v) is 5.98. The summed E-state index contributed by atoms with van der Waals surface area (Å²) >= 11 is 1.51. The van der Waals surface area contributed by atoms with Gasteiger partial charge in [0.15, 0.2) is 4.80 Å². The molecular weight excluding hydrogens is 344 g/mol. The quantitative estimate of drug-likeness (QED) is 0.695. The van der Waals surface area contributed by atoms with Crippen molar-refractivity contribution in [1.29, 1.82) is 0 Å². The van der Waals surface area contributed by atoms with Gasteiger partial charge in [-0.25, -0.2) is 0 Å². The van der Waals surface area contributed by atoms with Gasteiger partial charge in [0.05, 0.1) is 16.8 Å². The summed E-state index contributed by atoms with van der Waals surface area (Å²) < 4.78 is 8.60. The summed E-state index contributed by atoms with van der Waals surface area (Å²) in [6, 6.07) is 12.0. The number of thiazole rings is 1. The number of carbonyl (C=O) groups is 1. The summed E-state index contributed by atoms with van der Waals surface area (Å²) in [4.78, 5) is 17.8. The molecule has 26 heavy (non-hydrogen) atoms. The molecule has 0 N–H and O–H groups in total. The number of benzene rings is 2. The number of aromatic nitrogens is 1. The van der Waals surface area contributed by atoms with Gasteiger partial charge in [-0.15, -0.1) is 0 Å². The Balaban J connectivity index is 1.71. The van der Waals surface area contributed by atoms with Crippen LogP contribution in [0.25, 0.3) is 10.2 Å². The zero-order chi connectivity index (χ0) is 18.1. The van der Waals surface area contributed by atoms with E-state index in [2.05, 4.69) is 11.1 Å². The predicted octanol–water partition coefficient (Wildman–Crippen LogP) is 4.26. The average Bonchev–Trinajstić information content (AvgIpc) is 2.96. The molecule has 0 saturated heterocycles. The van der Waals surface area contributed by atoms with Crippen molar-refractivity contribution < 1.29 is 9.53 Å². The van der Waals surface area contributed by atoms with Crippen molar-refractivity contribution in [3.8, 4) is 5.75 Å². The topological polar surface area (TPSA) is 43.6 Å². The minimum atomic E-state index is -0.175. The third-order valence-electron chi connectivity index (χ3n) is 4.88. The maximum absolute atomic E-state index is 12.7. The molecule has 0 fully saturated rings. The minimum Gasteiger partial charge on any atom is -0.494 e. The fourth-order valence-corrected chi connectivity index (χ4v) is 4.54. The third kappa shape index (κ3) is 3.19. The number of nitrogens with zero attached hydrogens (tertiary/aromatic N) is 2. The maximum Gasteiger partial charge on any atom is 0.279 e. The number of aryl methyl sites for hydroxylation is 3. The molecule has 1 heterocycles. The van der Waals surface area contributed by atoms with Crippen molar-refractivity contribution in [1.82, 2.24) is 4.57 Å². The molecule has 5 heteroatoms. The van der Waals surface area contributed by atoms with Crippen LogP contribution in [0.2, 0.25) is 0 Å². The molecule has 0 bridgehead atoms. The minimum absolute atomic E-state index is 0.175. The monoisotopic (exact) mass is 366 g/mol. The SMILES string of the molecule is CCOc1ccc2c(c1)sc(=NC(=O)c1ccc3c(c1)CCCC3)n2C. The first-order valence-electron chi connectivity index (χ1n) is 9.09. The second-order valence-electron chi connectivity index (χ2n) is 6.61. The highest BCUT2D eigenvalue weighted by molar-refractivity contribution is 7.16. The number of rotatable bonds is 3. The van der Waals surface area contributed by atoms with Crippen molar-refractivity contribution in [2.75, 3.05) is 6.61 Å². The van der Waals surface area contributed by atoms with Crippen molar-refractivity contribution in [2.24, 2.45) is 12.0 Å². The highest BCUT2D eigenvalue weighted by Gasteiger charge is 2.13. The van der Waals surface area contributed by atoms with Gasteiger partial charge in [0, 0.05) is 12.6 Å². The lowest BCUT2D eigenvalue weighted by Gasteiger charge is -2.15. The zero-order valence-electron chi connectivity index (χ0n) is 15.1. The van der Waals surface area contributed by atoms with Gasteiger partial charge >= 0.3 is 0 Å². The van der Waals surface area contributed by atoms with Gasteiger partial charge < -0.3 is 9.30 Å². The van der Waals surface area contributed by atoms with E-state index < -0.39 is 0 Å². The van der Waals surface area contributed by atoms with Gasteiger partial charge in [0.2, 0.25) is 0 Å². The van der Waals surface area contributed by atoms with E-state index in [1.54, 1.807) is 0 Å². The lowest BCUT2D eigenvalue weighted by molar-refractivity contribution is 0.0998. The van der Waals surface area contributed by atoms with Gasteiger partial charge in [-0.2, -0.15) is 4.99 Å². The molecule has 3 aromatic rings. The van der Waals surface area contributed by atoms with Gasteiger partial charge in [-0.1, -0.05) is 17.4 Å². The fourth-order valence-electron chi connectivity index (χ4n) is 3.50. The number of ether oxygens (including phenoxy) is 1. The van der Waals surface area contributed by atoms with Crippen molar-refractivity contribution in [3.63, 3.8) is 0 Å². The summed E-state index contributed by atoms with van der Waals surface area (Å²) in [7, 11) is 1.94. The Morgan fingerprint density at radius 2 is 1.96 bits per heavy atom. The van der Waals surface area contributed by atoms with E-state index in [-0.39, 0.29) is 5.91 Å². The predicted molar refractivity (Wildman–Crippen MR) is 105 cm³/mol. The Kier molecular flexibility index (Phi) is 4.64. The summed E-state index contributed by atoms with van der Waals surface area (Å²) in [6.07, 6.45) is 4.63. The molecule has 4 nitrogen and oxygen atoms in total. The standard InChI is InChI=1S/C21H22N2O2S/c1-3-25-17-10-11-18-19(13-17)26-21(23(18)2)22-20(24)16-9-8-14-6-4-5-7-15(14)12-16/h8-13H,3-7H2,1-2H3. The first-order chi connectivity index (χ1) is 12.7. The van der Waals surface area contributed by atoms with Crippen LogP contribution >= 0.6 is 11.3 Å². The Morgan fingerprint density at radius 1 is 1.15 bits per heavy atom. The van der Waals surface area contributed by atoms with Crippen molar-refractivity contribution >= 4 is 27.5 Å². The Morgan fingerprint density at radius 3 is 2.77 bits per heavy atom. The number of amides is 1. The van der Waals surface area contributed by atoms with E-state index in [0.717, 1.165) is 28.8 Å². The van der Waals surface area contributed by atoms with E-state index >= 15 is 0 Å². The van der Waals surface area contributed by atoms with Crippen LogP contribution in [0, 0.1) is 0 Å². The molecule has 0 saturated carbocycles. The second kappa shape index (κ2) is 7.08. The van der Waals surface area contributed by atoms with Crippen LogP contribution in [0.3, 0.4) is 0 Å². The first-order valence-corrected chi connectivity index (χ1v) is 9.90. The highest BCUT2D eigenvalue weighted by Crippen LogP contribution is 2.24. The molecule has 134 valence electrons. The van der Waals surface area contributed by atoms with E-state index in [1.807, 2.05) is 48.9 Å². The van der Waals surface area contributed by atoms with Crippen LogP contribution in [0.1, 0.15) is 41.3 Å². The second-order valence-corrected chi connectivity index (χ2v) is 7.62. The molecule has 1 aromatic heterocycles. The lowest BCUT2D eigenvalue weighted by atomic mass is 9.90. The number of hydrogen-bond acceptors (Lipinski definition) is 3. The Labute approximate surface area is 156 Å². The molecule has 0 aliphatic heterocycles. The zero-order valence-corrected chi connectivity index (χ0v) is 15.9. The lowest BCUT2D eigenvalue weighted by Crippen LogP contribution is -2.13. The average molecular weight is 366 g/mol. The summed E-state index contributed by atoms with van der Waals surface area (Å²) in [6.45, 7) is 2.60. The van der Waals surface area contributed by atoms with E-state index in [9.17, 15) is 4.79 Å². The molecule has 0 radical (unpaired) electrons. The van der Waals surface area contributed by atoms with Gasteiger partial charge in [-0.05, 0) is 74.1 Å². The van der Waals surface area contributed by atoms with Crippen LogP contribution in [0.4, 0.5) is 0 Å². The van der Waals surface area contributed by atoms with Crippen LogP contribution in [-0.4, -0.2) is 17.1 Å². The van der Waals surface area contributed by atoms with Crippen LogP contribution in [0.15, 0.2) is 41.4 Å². The van der Waals surface area contributed by atoms with E-state index in [0.29, 0.717) is 17.0 Å². The van der Waals surface area contributed by atoms with Crippen molar-refractivity contribution in [2.45, 2.75) is 32.6 Å². The molecule has 4 rings (SSSR count). The fraction of sp³-hybridized carbons (Fsp3) is 0.333. The van der Waals surface area contributed by atoms with E-state index in [4.69, 9.17) is 4.74 Å². The Bertz CT molecular complexity index is 1050. The molecule has 1 amide bonds. The molecule has 0 unspecified atom stereocenters. The maximum atomic E-state index is 12.7. The van der Waals surface area contributed by atoms with Crippen LogP contribution < -0.4 is 9.54 Å². The van der Waals surface area contributed by atoms with Crippen molar-refractivity contribution in [3.05, 3.63) is 57.9 Å². The smallest absolute Gasteiger partial charge is 0.279 e. The summed E-state index contributed by atoms with van der Waals surface area (Å²) in [5, 5.41) is 0. The van der Waals surface area contributed by atoms with Gasteiger partial charge in [0.1, 0.15) is 5.75 Å². The number of fused-ring (bicyclic) bond motifs is 2. The van der Waals surface area contributed by atoms with Gasteiger partial charge in [0.25, 0.3) is 5.91 Å². The van der Waals surface area contributed by atoms with Crippen LogP contribution in [0.5, 0.6) is 5.75 Å². The normalized spacial score (nSPS) is 14.5.